The molecule has 0 saturated carbocycles. The number of carbonyl (C=O) groups is 2. The van der Waals surface area contributed by atoms with Crippen LogP contribution in [0.3, 0.4) is 0 Å². The number of aliphatic carboxylic acids is 1. The molecule has 1 heterocycles. The van der Waals surface area contributed by atoms with E-state index < -0.39 is 18.0 Å². The van der Waals surface area contributed by atoms with Crippen molar-refractivity contribution in [2.24, 2.45) is 5.92 Å². The molecule has 1 rings (SSSR count). The Hall–Kier alpha value is -1.63. The van der Waals surface area contributed by atoms with E-state index in [0.29, 0.717) is 11.6 Å². The number of hydrogen-bond donors (Lipinski definition) is 3. The zero-order valence-electron chi connectivity index (χ0n) is 12.2. The molecule has 0 radical (unpaired) electrons. The minimum Gasteiger partial charge on any atom is -0.480 e. The van der Waals surface area contributed by atoms with Gasteiger partial charge in [-0.2, -0.15) is 0 Å². The number of anilines is 1. The molecular weight excluding hydrogens is 278 g/mol. The van der Waals surface area contributed by atoms with Gasteiger partial charge in [0.2, 0.25) is 0 Å². The number of carbonyl (C=O) groups excluding carboxylic acids is 1. The molecule has 0 fully saturated rings. The van der Waals surface area contributed by atoms with Crippen LogP contribution in [0.2, 0.25) is 0 Å². The lowest BCUT2D eigenvalue weighted by Gasteiger charge is -2.16. The summed E-state index contributed by atoms with van der Waals surface area (Å²) in [5.41, 5.74) is 0.947. The highest BCUT2D eigenvalue weighted by Crippen LogP contribution is 2.22. The first kappa shape index (κ1) is 16.4. The average Bonchev–Trinajstić information content (AvgIpc) is 2.67. The topological polar surface area (TPSA) is 91.3 Å². The Morgan fingerprint density at radius 3 is 2.50 bits per heavy atom. The molecule has 20 heavy (non-hydrogen) atoms. The van der Waals surface area contributed by atoms with Gasteiger partial charge in [0.25, 0.3) is 0 Å². The second-order valence-electron chi connectivity index (χ2n) is 4.99. The molecule has 6 nitrogen and oxygen atoms in total. The van der Waals surface area contributed by atoms with E-state index in [0.717, 1.165) is 17.0 Å². The monoisotopic (exact) mass is 299 g/mol. The molecule has 1 aromatic rings. The van der Waals surface area contributed by atoms with Crippen molar-refractivity contribution in [3.63, 3.8) is 0 Å². The van der Waals surface area contributed by atoms with E-state index in [1.807, 2.05) is 27.7 Å². The van der Waals surface area contributed by atoms with Crippen LogP contribution in [0.1, 0.15) is 37.8 Å². The molecule has 3 N–H and O–H groups in total. The summed E-state index contributed by atoms with van der Waals surface area (Å²) in [5.74, 6) is -0.844. The van der Waals surface area contributed by atoms with Gasteiger partial charge in [-0.05, 0) is 25.7 Å². The van der Waals surface area contributed by atoms with Gasteiger partial charge < -0.3 is 10.4 Å². The van der Waals surface area contributed by atoms with Crippen LogP contribution in [0.25, 0.3) is 0 Å². The Balaban J connectivity index is 2.63. The summed E-state index contributed by atoms with van der Waals surface area (Å²) in [5, 5.41) is 14.6. The second kappa shape index (κ2) is 7.23. The van der Waals surface area contributed by atoms with Crippen LogP contribution in [0.5, 0.6) is 0 Å². The van der Waals surface area contributed by atoms with Crippen LogP contribution in [-0.4, -0.2) is 28.1 Å². The number of amides is 2. The fraction of sp³-hybridized carbons (Fsp3) is 0.615. The predicted octanol–water partition coefficient (Wildman–Crippen LogP) is 2.63. The van der Waals surface area contributed by atoms with Gasteiger partial charge in [0.1, 0.15) is 6.04 Å². The summed E-state index contributed by atoms with van der Waals surface area (Å²) in [7, 11) is 0. The quantitative estimate of drug-likeness (QED) is 0.753. The van der Waals surface area contributed by atoms with Crippen molar-refractivity contribution in [1.82, 2.24) is 10.3 Å². The minimum atomic E-state index is -1.03. The molecule has 0 aromatic carbocycles. The molecule has 1 aromatic heterocycles. The van der Waals surface area contributed by atoms with E-state index in [1.54, 1.807) is 0 Å². The SMILES string of the molecule is CCc1nc(NC(=O)NC(CC(C)C)C(=O)O)sc1C. The third-order valence-corrected chi connectivity index (χ3v) is 3.69. The smallest absolute Gasteiger partial charge is 0.326 e. The van der Waals surface area contributed by atoms with Crippen LogP contribution in [0.4, 0.5) is 9.93 Å². The normalized spacial score (nSPS) is 12.2. The molecule has 1 unspecified atom stereocenters. The third-order valence-electron chi connectivity index (χ3n) is 2.76. The highest BCUT2D eigenvalue weighted by atomic mass is 32.1. The average molecular weight is 299 g/mol. The lowest BCUT2D eigenvalue weighted by atomic mass is 10.0. The number of thiazole rings is 1. The van der Waals surface area contributed by atoms with Crippen LogP contribution in [-0.2, 0) is 11.2 Å². The summed E-state index contributed by atoms with van der Waals surface area (Å²) < 4.78 is 0. The van der Waals surface area contributed by atoms with Gasteiger partial charge in [-0.15, -0.1) is 11.3 Å². The van der Waals surface area contributed by atoms with Crippen molar-refractivity contribution < 1.29 is 14.7 Å². The largest absolute Gasteiger partial charge is 0.480 e. The molecular formula is C13H21N3O3S. The number of rotatable bonds is 6. The highest BCUT2D eigenvalue weighted by Gasteiger charge is 2.21. The third kappa shape index (κ3) is 4.80. The molecule has 0 bridgehead atoms. The fourth-order valence-electron chi connectivity index (χ4n) is 1.79. The number of nitrogens with one attached hydrogen (secondary N) is 2. The zero-order valence-corrected chi connectivity index (χ0v) is 13.0. The van der Waals surface area contributed by atoms with Crippen molar-refractivity contribution in [3.05, 3.63) is 10.6 Å². The van der Waals surface area contributed by atoms with E-state index >= 15 is 0 Å². The minimum absolute atomic E-state index is 0.185. The number of carboxylic acid groups (broad SMARTS) is 1. The number of carboxylic acids is 1. The lowest BCUT2D eigenvalue weighted by Crippen LogP contribution is -2.43. The Morgan fingerprint density at radius 1 is 1.40 bits per heavy atom. The molecule has 7 heteroatoms. The van der Waals surface area contributed by atoms with E-state index in [9.17, 15) is 9.59 Å². The van der Waals surface area contributed by atoms with Gasteiger partial charge in [0.15, 0.2) is 5.13 Å². The maximum Gasteiger partial charge on any atom is 0.326 e. The van der Waals surface area contributed by atoms with Gasteiger partial charge in [-0.3, -0.25) is 5.32 Å². The molecule has 0 aliphatic carbocycles. The Labute approximate surface area is 122 Å². The van der Waals surface area contributed by atoms with Crippen molar-refractivity contribution in [2.75, 3.05) is 5.32 Å². The number of aryl methyl sites for hydroxylation is 2. The number of hydrogen-bond acceptors (Lipinski definition) is 4. The lowest BCUT2D eigenvalue weighted by molar-refractivity contribution is -0.139. The van der Waals surface area contributed by atoms with Gasteiger partial charge in [-0.1, -0.05) is 20.8 Å². The maximum absolute atomic E-state index is 11.8. The molecule has 112 valence electrons. The van der Waals surface area contributed by atoms with Gasteiger partial charge in [0, 0.05) is 4.88 Å². The molecule has 2 amide bonds. The molecule has 0 aliphatic rings. The van der Waals surface area contributed by atoms with Crippen LogP contribution >= 0.6 is 11.3 Å². The molecule has 0 aliphatic heterocycles. The Morgan fingerprint density at radius 2 is 2.05 bits per heavy atom. The standard InChI is InChI=1S/C13H21N3O3S/c1-5-9-8(4)20-13(15-9)16-12(19)14-10(11(17)18)6-7(2)3/h7,10H,5-6H2,1-4H3,(H,17,18)(H2,14,15,16,19). The van der Waals surface area contributed by atoms with Crippen molar-refractivity contribution >= 4 is 28.5 Å². The van der Waals surface area contributed by atoms with E-state index in [-0.39, 0.29) is 5.92 Å². The number of urea groups is 1. The summed E-state index contributed by atoms with van der Waals surface area (Å²) in [6.45, 7) is 7.76. The first-order valence-electron chi connectivity index (χ1n) is 6.60. The fourth-order valence-corrected chi connectivity index (χ4v) is 2.69. The van der Waals surface area contributed by atoms with Crippen molar-refractivity contribution in [2.45, 2.75) is 46.6 Å². The Kier molecular flexibility index (Phi) is 5.94. The summed E-state index contributed by atoms with van der Waals surface area (Å²) in [4.78, 5) is 28.2. The van der Waals surface area contributed by atoms with Crippen molar-refractivity contribution in [3.8, 4) is 0 Å². The predicted molar refractivity (Wildman–Crippen MR) is 79.3 cm³/mol. The second-order valence-corrected chi connectivity index (χ2v) is 6.20. The molecule has 1 atom stereocenters. The van der Waals surface area contributed by atoms with Crippen molar-refractivity contribution in [1.29, 1.82) is 0 Å². The highest BCUT2D eigenvalue weighted by molar-refractivity contribution is 7.15. The van der Waals surface area contributed by atoms with Crippen LogP contribution in [0.15, 0.2) is 0 Å². The van der Waals surface area contributed by atoms with Gasteiger partial charge in [-0.25, -0.2) is 14.6 Å². The van der Waals surface area contributed by atoms with Crippen LogP contribution in [0, 0.1) is 12.8 Å². The first-order valence-corrected chi connectivity index (χ1v) is 7.41. The first-order chi connectivity index (χ1) is 9.33. The summed E-state index contributed by atoms with van der Waals surface area (Å²) >= 11 is 1.39. The van der Waals surface area contributed by atoms with Crippen LogP contribution < -0.4 is 10.6 Å². The molecule has 0 saturated heterocycles. The van der Waals surface area contributed by atoms with Gasteiger partial charge in [0.05, 0.1) is 5.69 Å². The van der Waals surface area contributed by atoms with Gasteiger partial charge >= 0.3 is 12.0 Å². The van der Waals surface area contributed by atoms with E-state index in [4.69, 9.17) is 5.11 Å². The maximum atomic E-state index is 11.8. The summed E-state index contributed by atoms with van der Waals surface area (Å²) in [6, 6.07) is -1.42. The Bertz CT molecular complexity index is 485. The zero-order chi connectivity index (χ0) is 15.3. The van der Waals surface area contributed by atoms with E-state index in [2.05, 4.69) is 15.6 Å². The van der Waals surface area contributed by atoms with E-state index in [1.165, 1.54) is 11.3 Å². The number of nitrogens with zero attached hydrogens (tertiary/aromatic N) is 1. The molecule has 0 spiro atoms. The number of aromatic nitrogens is 1. The summed E-state index contributed by atoms with van der Waals surface area (Å²) in [6.07, 6.45) is 1.19.